The molecule has 4 rings (SSSR count). The van der Waals surface area contributed by atoms with Crippen LogP contribution in [-0.4, -0.2) is 30.2 Å². The fourth-order valence-electron chi connectivity index (χ4n) is 2.91. The van der Waals surface area contributed by atoms with Crippen molar-refractivity contribution in [1.82, 2.24) is 4.98 Å². The quantitative estimate of drug-likeness (QED) is 0.459. The third-order valence-corrected chi connectivity index (χ3v) is 5.46. The molecule has 6 nitrogen and oxygen atoms in total. The van der Waals surface area contributed by atoms with Crippen LogP contribution < -0.4 is 14.8 Å². The summed E-state index contributed by atoms with van der Waals surface area (Å²) in [7, 11) is 3.06. The van der Waals surface area contributed by atoms with Crippen molar-refractivity contribution in [3.8, 4) is 27.8 Å². The first-order valence-electron chi connectivity index (χ1n) is 8.81. The van der Waals surface area contributed by atoms with Crippen LogP contribution in [0.25, 0.3) is 20.8 Å². The monoisotopic (exact) mass is 406 g/mol. The van der Waals surface area contributed by atoms with Crippen LogP contribution in [0.1, 0.15) is 10.4 Å². The molecule has 3 aromatic carbocycles. The zero-order valence-electron chi connectivity index (χ0n) is 15.8. The Hall–Kier alpha value is -3.58. The van der Waals surface area contributed by atoms with Crippen LogP contribution in [0.15, 0.2) is 60.7 Å². The molecule has 0 spiro atoms. The van der Waals surface area contributed by atoms with E-state index in [0.29, 0.717) is 33.3 Å². The van der Waals surface area contributed by atoms with Gasteiger partial charge in [0.15, 0.2) is 0 Å². The maximum atomic E-state index is 12.7. The molecule has 0 radical (unpaired) electrons. The number of hydrogen-bond donors (Lipinski definition) is 2. The molecule has 0 aliphatic heterocycles. The highest BCUT2D eigenvalue weighted by Crippen LogP contribution is 2.37. The molecule has 1 heterocycles. The second kappa shape index (κ2) is 7.81. The number of carbonyl (C=O) groups is 1. The van der Waals surface area contributed by atoms with Gasteiger partial charge in [-0.05, 0) is 42.5 Å². The van der Waals surface area contributed by atoms with Gasteiger partial charge >= 0.3 is 0 Å². The van der Waals surface area contributed by atoms with Crippen molar-refractivity contribution in [2.24, 2.45) is 0 Å². The van der Waals surface area contributed by atoms with Gasteiger partial charge in [-0.2, -0.15) is 0 Å². The number of aromatic hydroxyl groups is 1. The highest BCUT2D eigenvalue weighted by atomic mass is 32.1. The SMILES string of the molecule is COc1cc(OC)cc(C(=O)Nc2ccc(O)c(-c3nc4ccccc4s3)c2)c1. The molecule has 0 aliphatic carbocycles. The molecule has 0 aliphatic rings. The number of carbonyl (C=O) groups excluding carboxylic acids is 1. The lowest BCUT2D eigenvalue weighted by Crippen LogP contribution is -2.12. The van der Waals surface area contributed by atoms with Gasteiger partial charge in [-0.1, -0.05) is 12.1 Å². The van der Waals surface area contributed by atoms with E-state index in [9.17, 15) is 9.90 Å². The van der Waals surface area contributed by atoms with Crippen LogP contribution in [0, 0.1) is 0 Å². The van der Waals surface area contributed by atoms with Crippen LogP contribution in [-0.2, 0) is 0 Å². The van der Waals surface area contributed by atoms with E-state index in [0.717, 1.165) is 10.2 Å². The third-order valence-electron chi connectivity index (χ3n) is 4.39. The van der Waals surface area contributed by atoms with Crippen molar-refractivity contribution < 1.29 is 19.4 Å². The van der Waals surface area contributed by atoms with E-state index in [1.54, 1.807) is 36.4 Å². The first kappa shape index (κ1) is 18.8. The average molecular weight is 406 g/mol. The van der Waals surface area contributed by atoms with Crippen LogP contribution >= 0.6 is 11.3 Å². The Labute approximate surface area is 171 Å². The van der Waals surface area contributed by atoms with Gasteiger partial charge in [0.05, 0.1) is 30.0 Å². The molecular formula is C22H18N2O4S. The summed E-state index contributed by atoms with van der Waals surface area (Å²) in [5.41, 5.74) is 2.37. The summed E-state index contributed by atoms with van der Waals surface area (Å²) in [6.07, 6.45) is 0. The lowest BCUT2D eigenvalue weighted by molar-refractivity contribution is 0.102. The number of nitrogens with one attached hydrogen (secondary N) is 1. The smallest absolute Gasteiger partial charge is 0.255 e. The standard InChI is InChI=1S/C22H18N2O4S/c1-27-15-9-13(10-16(12-15)28-2)21(26)23-14-7-8-19(25)17(11-14)22-24-18-5-3-4-6-20(18)29-22/h3-12,25H,1-2H3,(H,23,26). The van der Waals surface area contributed by atoms with Crippen molar-refractivity contribution in [3.63, 3.8) is 0 Å². The molecule has 0 saturated heterocycles. The maximum Gasteiger partial charge on any atom is 0.255 e. The molecule has 146 valence electrons. The Morgan fingerprint density at radius 3 is 2.41 bits per heavy atom. The van der Waals surface area contributed by atoms with Crippen molar-refractivity contribution in [3.05, 3.63) is 66.2 Å². The normalized spacial score (nSPS) is 10.7. The highest BCUT2D eigenvalue weighted by molar-refractivity contribution is 7.21. The molecule has 29 heavy (non-hydrogen) atoms. The first-order chi connectivity index (χ1) is 14.1. The first-order valence-corrected chi connectivity index (χ1v) is 9.62. The molecule has 0 saturated carbocycles. The Kier molecular flexibility index (Phi) is 5.05. The molecule has 1 amide bonds. The number of hydrogen-bond acceptors (Lipinski definition) is 6. The predicted octanol–water partition coefficient (Wildman–Crippen LogP) is 4.94. The summed E-state index contributed by atoms with van der Waals surface area (Å²) in [6, 6.07) is 17.6. The molecule has 0 atom stereocenters. The number of nitrogens with zero attached hydrogens (tertiary/aromatic N) is 1. The van der Waals surface area contributed by atoms with Crippen molar-refractivity contribution in [2.45, 2.75) is 0 Å². The van der Waals surface area contributed by atoms with Gasteiger partial charge in [0.25, 0.3) is 5.91 Å². The molecule has 2 N–H and O–H groups in total. The lowest BCUT2D eigenvalue weighted by atomic mass is 10.1. The number of benzene rings is 3. The summed E-state index contributed by atoms with van der Waals surface area (Å²) in [6.45, 7) is 0. The number of methoxy groups -OCH3 is 2. The fourth-order valence-corrected chi connectivity index (χ4v) is 3.90. The number of para-hydroxylation sites is 1. The second-order valence-electron chi connectivity index (χ2n) is 6.27. The second-order valence-corrected chi connectivity index (χ2v) is 7.30. The van der Waals surface area contributed by atoms with Gasteiger partial charge in [-0.3, -0.25) is 4.79 Å². The molecular weight excluding hydrogens is 388 g/mol. The van der Waals surface area contributed by atoms with Gasteiger partial charge in [-0.15, -0.1) is 11.3 Å². The maximum absolute atomic E-state index is 12.7. The van der Waals surface area contributed by atoms with E-state index in [1.165, 1.54) is 25.6 Å². The summed E-state index contributed by atoms with van der Waals surface area (Å²) < 4.78 is 11.5. The Morgan fingerprint density at radius 1 is 1.00 bits per heavy atom. The minimum atomic E-state index is -0.317. The number of phenols is 1. The third kappa shape index (κ3) is 3.86. The van der Waals surface area contributed by atoms with Crippen LogP contribution in [0.5, 0.6) is 17.2 Å². The zero-order chi connectivity index (χ0) is 20.4. The summed E-state index contributed by atoms with van der Waals surface area (Å²) >= 11 is 1.48. The van der Waals surface area contributed by atoms with E-state index in [2.05, 4.69) is 10.3 Å². The number of anilines is 1. The van der Waals surface area contributed by atoms with Crippen LogP contribution in [0.3, 0.4) is 0 Å². The number of amides is 1. The minimum Gasteiger partial charge on any atom is -0.507 e. The Balaban J connectivity index is 1.65. The van der Waals surface area contributed by atoms with Gasteiger partial charge < -0.3 is 19.9 Å². The Bertz CT molecular complexity index is 1150. The topological polar surface area (TPSA) is 80.7 Å². The number of fused-ring (bicyclic) bond motifs is 1. The predicted molar refractivity (Wildman–Crippen MR) is 114 cm³/mol. The minimum absolute atomic E-state index is 0.102. The molecule has 0 fully saturated rings. The van der Waals surface area contributed by atoms with Crippen LogP contribution in [0.4, 0.5) is 5.69 Å². The van der Waals surface area contributed by atoms with E-state index >= 15 is 0 Å². The number of aromatic nitrogens is 1. The number of ether oxygens (including phenoxy) is 2. The number of thiazole rings is 1. The van der Waals surface area contributed by atoms with E-state index in [-0.39, 0.29) is 11.7 Å². The molecule has 4 aromatic rings. The number of rotatable bonds is 5. The summed E-state index contributed by atoms with van der Waals surface area (Å²) in [5, 5.41) is 13.9. The molecule has 1 aromatic heterocycles. The summed E-state index contributed by atoms with van der Waals surface area (Å²) in [4.78, 5) is 17.3. The van der Waals surface area contributed by atoms with E-state index < -0.39 is 0 Å². The van der Waals surface area contributed by atoms with E-state index in [1.807, 2.05) is 24.3 Å². The lowest BCUT2D eigenvalue weighted by Gasteiger charge is -2.10. The number of phenolic OH excluding ortho intramolecular Hbond substituents is 1. The summed E-state index contributed by atoms with van der Waals surface area (Å²) in [5.74, 6) is 0.832. The van der Waals surface area contributed by atoms with Crippen molar-refractivity contribution >= 4 is 33.1 Å². The van der Waals surface area contributed by atoms with E-state index in [4.69, 9.17) is 9.47 Å². The largest absolute Gasteiger partial charge is 0.507 e. The fraction of sp³-hybridized carbons (Fsp3) is 0.0909. The molecule has 0 unspecified atom stereocenters. The van der Waals surface area contributed by atoms with Gasteiger partial charge in [0, 0.05) is 17.3 Å². The zero-order valence-corrected chi connectivity index (χ0v) is 16.6. The van der Waals surface area contributed by atoms with Gasteiger partial charge in [0.2, 0.25) is 0 Å². The van der Waals surface area contributed by atoms with Crippen LogP contribution in [0.2, 0.25) is 0 Å². The highest BCUT2D eigenvalue weighted by Gasteiger charge is 2.14. The Morgan fingerprint density at radius 2 is 1.72 bits per heavy atom. The average Bonchev–Trinajstić information content (AvgIpc) is 3.18. The van der Waals surface area contributed by atoms with Crippen molar-refractivity contribution in [2.75, 3.05) is 19.5 Å². The van der Waals surface area contributed by atoms with Gasteiger partial charge in [-0.25, -0.2) is 4.98 Å². The van der Waals surface area contributed by atoms with Crippen molar-refractivity contribution in [1.29, 1.82) is 0 Å². The molecule has 7 heteroatoms. The molecule has 0 bridgehead atoms. The van der Waals surface area contributed by atoms with Gasteiger partial charge in [0.1, 0.15) is 22.3 Å².